The van der Waals surface area contributed by atoms with E-state index in [2.05, 4.69) is 0 Å². The highest BCUT2D eigenvalue weighted by atomic mass is 32.1. The standard InChI is InChI=1S/C20H15F3N4O4S/c21-20(22,23)19(26-15(28)12-7-4-10-32-12)13-14(24-17(19)30)27(18(31)25-16(13)29)9-8-11-5-2-1-3-6-11/h1-7,10H,8-9H2,(H,24,30)(H,26,28)(H,25,29,31). The van der Waals surface area contributed by atoms with Crippen molar-refractivity contribution in [2.24, 2.45) is 0 Å². The summed E-state index contributed by atoms with van der Waals surface area (Å²) in [6.45, 7) is -0.116. The van der Waals surface area contributed by atoms with E-state index in [-0.39, 0.29) is 17.8 Å². The van der Waals surface area contributed by atoms with Crippen LogP contribution < -0.4 is 21.9 Å². The monoisotopic (exact) mass is 464 g/mol. The van der Waals surface area contributed by atoms with Crippen molar-refractivity contribution in [1.82, 2.24) is 14.9 Å². The number of halogens is 3. The number of H-pyrrole nitrogens is 1. The summed E-state index contributed by atoms with van der Waals surface area (Å²) in [6, 6.07) is 11.5. The molecule has 3 N–H and O–H groups in total. The molecule has 0 spiro atoms. The van der Waals surface area contributed by atoms with Crippen molar-refractivity contribution in [2.45, 2.75) is 24.7 Å². The third-order valence-corrected chi connectivity index (χ3v) is 5.95. The van der Waals surface area contributed by atoms with E-state index in [1.54, 1.807) is 35.6 Å². The fraction of sp³-hybridized carbons (Fsp3) is 0.200. The number of alkyl halides is 3. The molecule has 3 aromatic rings. The van der Waals surface area contributed by atoms with Crippen molar-refractivity contribution >= 4 is 29.0 Å². The van der Waals surface area contributed by atoms with E-state index in [9.17, 15) is 32.3 Å². The Morgan fingerprint density at radius 3 is 2.44 bits per heavy atom. The summed E-state index contributed by atoms with van der Waals surface area (Å²) >= 11 is 0.870. The van der Waals surface area contributed by atoms with Gasteiger partial charge >= 0.3 is 11.9 Å². The van der Waals surface area contributed by atoms with Crippen molar-refractivity contribution in [3.8, 4) is 0 Å². The van der Waals surface area contributed by atoms with Crippen molar-refractivity contribution in [3.63, 3.8) is 0 Å². The Balaban J connectivity index is 1.84. The van der Waals surface area contributed by atoms with E-state index in [1.807, 2.05) is 10.3 Å². The number of anilines is 1. The number of aromatic nitrogens is 2. The lowest BCUT2D eigenvalue weighted by Gasteiger charge is -2.29. The first-order valence-corrected chi connectivity index (χ1v) is 10.2. The van der Waals surface area contributed by atoms with Gasteiger partial charge in [0.1, 0.15) is 11.4 Å². The van der Waals surface area contributed by atoms with Crippen LogP contribution in [0.3, 0.4) is 0 Å². The van der Waals surface area contributed by atoms with Crippen LogP contribution in [0.1, 0.15) is 20.8 Å². The molecule has 1 atom stereocenters. The number of rotatable bonds is 5. The first-order chi connectivity index (χ1) is 15.1. The van der Waals surface area contributed by atoms with Crippen LogP contribution in [0.2, 0.25) is 0 Å². The first-order valence-electron chi connectivity index (χ1n) is 9.31. The highest BCUT2D eigenvalue weighted by molar-refractivity contribution is 7.12. The fourth-order valence-corrected chi connectivity index (χ4v) is 4.18. The highest BCUT2D eigenvalue weighted by Crippen LogP contribution is 2.45. The molecule has 4 rings (SSSR count). The summed E-state index contributed by atoms with van der Waals surface area (Å²) in [5.74, 6) is -3.44. The van der Waals surface area contributed by atoms with Gasteiger partial charge in [-0.15, -0.1) is 11.3 Å². The van der Waals surface area contributed by atoms with Crippen molar-refractivity contribution in [2.75, 3.05) is 5.32 Å². The maximum Gasteiger partial charge on any atom is 0.425 e. The quantitative estimate of drug-likeness (QED) is 0.536. The molecule has 0 radical (unpaired) electrons. The van der Waals surface area contributed by atoms with Gasteiger partial charge in [-0.2, -0.15) is 13.2 Å². The van der Waals surface area contributed by atoms with Gasteiger partial charge < -0.3 is 10.6 Å². The van der Waals surface area contributed by atoms with Gasteiger partial charge in [0.05, 0.1) is 4.88 Å². The molecule has 166 valence electrons. The Hall–Kier alpha value is -3.67. The molecule has 1 aromatic carbocycles. The lowest BCUT2D eigenvalue weighted by Crippen LogP contribution is -2.62. The lowest BCUT2D eigenvalue weighted by molar-refractivity contribution is -0.196. The molecule has 0 aliphatic carbocycles. The molecular weight excluding hydrogens is 449 g/mol. The van der Waals surface area contributed by atoms with Crippen LogP contribution in [-0.2, 0) is 23.3 Å². The average Bonchev–Trinajstić information content (AvgIpc) is 3.36. The Bertz CT molecular complexity index is 1300. The van der Waals surface area contributed by atoms with E-state index in [0.717, 1.165) is 21.5 Å². The molecule has 1 unspecified atom stereocenters. The molecule has 0 saturated heterocycles. The summed E-state index contributed by atoms with van der Waals surface area (Å²) < 4.78 is 43.7. The van der Waals surface area contributed by atoms with Crippen LogP contribution in [0.25, 0.3) is 0 Å². The Morgan fingerprint density at radius 1 is 1.09 bits per heavy atom. The van der Waals surface area contributed by atoms with Gasteiger partial charge in [-0.3, -0.25) is 23.9 Å². The van der Waals surface area contributed by atoms with Gasteiger partial charge in [-0.25, -0.2) is 4.79 Å². The zero-order valence-electron chi connectivity index (χ0n) is 16.2. The molecule has 32 heavy (non-hydrogen) atoms. The van der Waals surface area contributed by atoms with Crippen LogP contribution in [0.4, 0.5) is 19.0 Å². The third kappa shape index (κ3) is 3.42. The largest absolute Gasteiger partial charge is 0.425 e. The van der Waals surface area contributed by atoms with Crippen LogP contribution in [0.15, 0.2) is 57.4 Å². The van der Waals surface area contributed by atoms with Gasteiger partial charge in [0.15, 0.2) is 0 Å². The second-order valence-corrected chi connectivity index (χ2v) is 7.95. The maximum atomic E-state index is 14.3. The van der Waals surface area contributed by atoms with Gasteiger partial charge in [0.25, 0.3) is 22.9 Å². The molecule has 3 heterocycles. The minimum atomic E-state index is -5.37. The van der Waals surface area contributed by atoms with Crippen LogP contribution in [0, 0.1) is 0 Å². The van der Waals surface area contributed by atoms with E-state index in [0.29, 0.717) is 0 Å². The van der Waals surface area contributed by atoms with Gasteiger partial charge in [0, 0.05) is 6.54 Å². The first kappa shape index (κ1) is 21.6. The van der Waals surface area contributed by atoms with Gasteiger partial charge in [0.2, 0.25) is 0 Å². The smallest absolute Gasteiger partial charge is 0.326 e. The summed E-state index contributed by atoms with van der Waals surface area (Å²) in [7, 11) is 0. The Kier molecular flexibility index (Phi) is 5.25. The molecule has 2 aromatic heterocycles. The normalized spacial score (nSPS) is 17.7. The number of carbonyl (C=O) groups is 2. The van der Waals surface area contributed by atoms with E-state index >= 15 is 0 Å². The molecule has 2 amide bonds. The molecule has 8 nitrogen and oxygen atoms in total. The van der Waals surface area contributed by atoms with E-state index in [4.69, 9.17) is 0 Å². The maximum absolute atomic E-state index is 14.3. The Morgan fingerprint density at radius 2 is 1.81 bits per heavy atom. The SMILES string of the molecule is O=C(NC1(C(F)(F)F)C(=O)Nc2c1c(=O)[nH]c(=O)n2CCc1ccccc1)c1cccs1. The van der Waals surface area contributed by atoms with Gasteiger partial charge in [-0.05, 0) is 23.4 Å². The molecule has 1 aliphatic heterocycles. The number of carbonyl (C=O) groups excluding carboxylic acids is 2. The van der Waals surface area contributed by atoms with Crippen LogP contribution in [-0.4, -0.2) is 27.5 Å². The highest BCUT2D eigenvalue weighted by Gasteiger charge is 2.68. The summed E-state index contributed by atoms with van der Waals surface area (Å²) in [5.41, 5.74) is -6.33. The number of nitrogens with one attached hydrogen (secondary N) is 3. The predicted octanol–water partition coefficient (Wildman–Crippen LogP) is 1.98. The molecular formula is C20H15F3N4O4S. The van der Waals surface area contributed by atoms with Crippen molar-refractivity contribution in [1.29, 1.82) is 0 Å². The number of hydrogen-bond acceptors (Lipinski definition) is 5. The Labute approximate surface area is 181 Å². The summed E-state index contributed by atoms with van der Waals surface area (Å²) in [4.78, 5) is 51.8. The van der Waals surface area contributed by atoms with Crippen LogP contribution in [0.5, 0.6) is 0 Å². The summed E-state index contributed by atoms with van der Waals surface area (Å²) in [5, 5.41) is 5.18. The topological polar surface area (TPSA) is 113 Å². The number of amides is 2. The summed E-state index contributed by atoms with van der Waals surface area (Å²) in [6.07, 6.45) is -5.13. The number of aryl methyl sites for hydroxylation is 1. The molecule has 0 fully saturated rings. The number of fused-ring (bicyclic) bond motifs is 1. The third-order valence-electron chi connectivity index (χ3n) is 5.09. The average molecular weight is 464 g/mol. The fourth-order valence-electron chi connectivity index (χ4n) is 3.56. The minimum Gasteiger partial charge on any atom is -0.326 e. The number of nitrogens with zero attached hydrogens (tertiary/aromatic N) is 1. The minimum absolute atomic E-state index is 0.0799. The molecule has 12 heteroatoms. The number of hydrogen-bond donors (Lipinski definition) is 3. The number of benzene rings is 1. The lowest BCUT2D eigenvalue weighted by atomic mass is 9.92. The van der Waals surface area contributed by atoms with Crippen LogP contribution >= 0.6 is 11.3 Å². The zero-order chi connectivity index (χ0) is 23.1. The van der Waals surface area contributed by atoms with Crippen molar-refractivity contribution in [3.05, 3.63) is 84.7 Å². The van der Waals surface area contributed by atoms with E-state index in [1.165, 1.54) is 17.5 Å². The predicted molar refractivity (Wildman–Crippen MR) is 110 cm³/mol. The number of aromatic amines is 1. The number of thiophene rings is 1. The zero-order valence-corrected chi connectivity index (χ0v) is 17.0. The van der Waals surface area contributed by atoms with Gasteiger partial charge in [-0.1, -0.05) is 36.4 Å². The molecule has 0 bridgehead atoms. The molecule has 1 aliphatic rings. The second-order valence-electron chi connectivity index (χ2n) is 7.00. The van der Waals surface area contributed by atoms with E-state index < -0.39 is 46.2 Å². The van der Waals surface area contributed by atoms with Crippen molar-refractivity contribution < 1.29 is 22.8 Å². The molecule has 0 saturated carbocycles. The second kappa shape index (κ2) is 7.79.